The Hall–Kier alpha value is -1.49. The lowest BCUT2D eigenvalue weighted by molar-refractivity contribution is -0.145. The van der Waals surface area contributed by atoms with Gasteiger partial charge in [0.15, 0.2) is 0 Å². The van der Waals surface area contributed by atoms with E-state index in [-0.39, 0.29) is 5.02 Å². The van der Waals surface area contributed by atoms with Crippen molar-refractivity contribution in [3.8, 4) is 0 Å². The van der Waals surface area contributed by atoms with Crippen molar-refractivity contribution in [2.75, 3.05) is 24.5 Å². The van der Waals surface area contributed by atoms with Crippen molar-refractivity contribution < 1.29 is 9.59 Å². The number of halogens is 3. The highest BCUT2D eigenvalue weighted by atomic mass is 35.5. The molecule has 1 aliphatic carbocycles. The van der Waals surface area contributed by atoms with Gasteiger partial charge in [0, 0.05) is 24.7 Å². The number of allylic oxidation sites excluding steroid dienone is 2. The lowest BCUT2D eigenvalue weighted by atomic mass is 10.1. The van der Waals surface area contributed by atoms with Crippen LogP contribution in [0.4, 0.5) is 5.69 Å². The van der Waals surface area contributed by atoms with E-state index in [2.05, 4.69) is 0 Å². The fourth-order valence-corrected chi connectivity index (χ4v) is 3.42. The number of carbonyl (C=O) groups excluding carboxylic acids is 2. The molecule has 1 fully saturated rings. The van der Waals surface area contributed by atoms with Crippen LogP contribution in [0.15, 0.2) is 41.0 Å². The van der Waals surface area contributed by atoms with Gasteiger partial charge in [-0.2, -0.15) is 0 Å². The molecule has 126 valence electrons. The second kappa shape index (κ2) is 7.18. The average Bonchev–Trinajstić information content (AvgIpc) is 2.57. The van der Waals surface area contributed by atoms with Crippen LogP contribution < -0.4 is 4.90 Å². The minimum atomic E-state index is -0.609. The fraction of sp³-hybridized carbons (Fsp3) is 0.294. The molecule has 1 aliphatic heterocycles. The Kier molecular flexibility index (Phi) is 5.18. The lowest BCUT2D eigenvalue weighted by Crippen LogP contribution is -2.55. The number of hydrogen-bond donors (Lipinski definition) is 0. The van der Waals surface area contributed by atoms with Crippen molar-refractivity contribution in [2.24, 2.45) is 0 Å². The van der Waals surface area contributed by atoms with Crippen LogP contribution in [-0.4, -0.2) is 36.3 Å². The van der Waals surface area contributed by atoms with Gasteiger partial charge >= 0.3 is 11.8 Å². The quantitative estimate of drug-likeness (QED) is 0.738. The van der Waals surface area contributed by atoms with Gasteiger partial charge in [-0.1, -0.05) is 53.0 Å². The number of nitrogens with zero attached hydrogens (tertiary/aromatic N) is 2. The maximum absolute atomic E-state index is 12.5. The molecule has 4 nitrogen and oxygen atoms in total. The molecule has 1 heterocycles. The molecule has 24 heavy (non-hydrogen) atoms. The Morgan fingerprint density at radius 3 is 2.58 bits per heavy atom. The van der Waals surface area contributed by atoms with Crippen LogP contribution in [0.1, 0.15) is 12.8 Å². The Morgan fingerprint density at radius 2 is 1.83 bits per heavy atom. The van der Waals surface area contributed by atoms with Crippen LogP contribution in [0.3, 0.4) is 0 Å². The smallest absolute Gasteiger partial charge is 0.316 e. The van der Waals surface area contributed by atoms with E-state index in [9.17, 15) is 9.59 Å². The van der Waals surface area contributed by atoms with E-state index in [0.717, 1.165) is 23.4 Å². The molecule has 0 radical (unpaired) electrons. The van der Waals surface area contributed by atoms with Crippen molar-refractivity contribution in [1.82, 2.24) is 4.90 Å². The lowest BCUT2D eigenvalue weighted by Gasteiger charge is -2.34. The molecule has 0 spiro atoms. The molecule has 1 aromatic rings. The first-order valence-corrected chi connectivity index (χ1v) is 8.71. The predicted octanol–water partition coefficient (Wildman–Crippen LogP) is 4.01. The van der Waals surface area contributed by atoms with Gasteiger partial charge in [0.05, 0.1) is 15.7 Å². The van der Waals surface area contributed by atoms with E-state index in [1.165, 1.54) is 9.80 Å². The summed E-state index contributed by atoms with van der Waals surface area (Å²) in [5.41, 5.74) is 1.34. The maximum Gasteiger partial charge on any atom is 0.316 e. The number of amides is 2. The summed E-state index contributed by atoms with van der Waals surface area (Å²) in [4.78, 5) is 27.8. The van der Waals surface area contributed by atoms with Gasteiger partial charge in [0.1, 0.15) is 0 Å². The standard InChI is InChI=1S/C17H15Cl3N2O2/c18-12-5-2-1-4-11(12)10-21-8-9-22(17(24)16(21)23)14-7-3-6-13(19)15(14)20/h1,3-4,6-7H,2,5,8-10H2. The second-order valence-corrected chi connectivity index (χ2v) is 6.87. The number of carbonyl (C=O) groups is 2. The highest BCUT2D eigenvalue weighted by Gasteiger charge is 2.34. The number of anilines is 1. The summed E-state index contributed by atoms with van der Waals surface area (Å²) >= 11 is 18.4. The van der Waals surface area contributed by atoms with E-state index in [1.807, 2.05) is 12.2 Å². The zero-order valence-corrected chi connectivity index (χ0v) is 15.0. The van der Waals surface area contributed by atoms with Crippen LogP contribution in [-0.2, 0) is 9.59 Å². The highest BCUT2D eigenvalue weighted by Crippen LogP contribution is 2.33. The molecular formula is C17H15Cl3N2O2. The normalized spacial score (nSPS) is 18.6. The third kappa shape index (κ3) is 3.32. The topological polar surface area (TPSA) is 40.6 Å². The summed E-state index contributed by atoms with van der Waals surface area (Å²) in [6.07, 6.45) is 5.61. The monoisotopic (exact) mass is 384 g/mol. The van der Waals surface area contributed by atoms with Crippen molar-refractivity contribution in [1.29, 1.82) is 0 Å². The van der Waals surface area contributed by atoms with E-state index < -0.39 is 11.8 Å². The van der Waals surface area contributed by atoms with Crippen LogP contribution in [0.2, 0.25) is 10.0 Å². The zero-order valence-electron chi connectivity index (χ0n) is 12.8. The van der Waals surface area contributed by atoms with Gasteiger partial charge in [0.2, 0.25) is 0 Å². The van der Waals surface area contributed by atoms with E-state index in [0.29, 0.717) is 30.3 Å². The van der Waals surface area contributed by atoms with Crippen molar-refractivity contribution >= 4 is 52.3 Å². The average molecular weight is 386 g/mol. The van der Waals surface area contributed by atoms with Crippen molar-refractivity contribution in [3.05, 3.63) is 51.0 Å². The van der Waals surface area contributed by atoms with Gasteiger partial charge in [-0.15, -0.1) is 0 Å². The number of rotatable bonds is 3. The summed E-state index contributed by atoms with van der Waals surface area (Å²) < 4.78 is 0. The Labute approximate surface area is 155 Å². The molecule has 7 heteroatoms. The molecule has 0 atom stereocenters. The fourth-order valence-electron chi connectivity index (χ4n) is 2.79. The Morgan fingerprint density at radius 1 is 1.04 bits per heavy atom. The van der Waals surface area contributed by atoms with E-state index in [4.69, 9.17) is 34.8 Å². The van der Waals surface area contributed by atoms with Crippen LogP contribution in [0.25, 0.3) is 0 Å². The second-order valence-electron chi connectivity index (χ2n) is 5.63. The zero-order chi connectivity index (χ0) is 17.3. The number of hydrogen-bond acceptors (Lipinski definition) is 2. The van der Waals surface area contributed by atoms with Crippen molar-refractivity contribution in [3.63, 3.8) is 0 Å². The van der Waals surface area contributed by atoms with Gasteiger partial charge in [0.25, 0.3) is 0 Å². The molecule has 1 aromatic carbocycles. The third-order valence-corrected chi connectivity index (χ3v) is 5.33. The van der Waals surface area contributed by atoms with Crippen LogP contribution in [0, 0.1) is 0 Å². The number of benzene rings is 1. The van der Waals surface area contributed by atoms with Crippen LogP contribution >= 0.6 is 34.8 Å². The van der Waals surface area contributed by atoms with Gasteiger partial charge in [-0.25, -0.2) is 0 Å². The first kappa shape index (κ1) is 17.3. The predicted molar refractivity (Wildman–Crippen MR) is 96.6 cm³/mol. The molecule has 2 amide bonds. The Bertz CT molecular complexity index is 758. The summed E-state index contributed by atoms with van der Waals surface area (Å²) in [5.74, 6) is -1.17. The molecule has 3 rings (SSSR count). The summed E-state index contributed by atoms with van der Waals surface area (Å²) in [5, 5.41) is 1.37. The Balaban J connectivity index is 1.78. The minimum absolute atomic E-state index is 0.273. The summed E-state index contributed by atoms with van der Waals surface area (Å²) in [6.45, 7) is 1.12. The molecule has 1 saturated heterocycles. The van der Waals surface area contributed by atoms with E-state index >= 15 is 0 Å². The molecular weight excluding hydrogens is 371 g/mol. The molecule has 2 aliphatic rings. The SMILES string of the molecule is O=C1C(=O)N(c2cccc(Cl)c2Cl)CCN1CC1=C(Cl)CCC=C1. The largest absolute Gasteiger partial charge is 0.328 e. The van der Waals surface area contributed by atoms with Crippen LogP contribution in [0.5, 0.6) is 0 Å². The van der Waals surface area contributed by atoms with Crippen molar-refractivity contribution in [2.45, 2.75) is 12.8 Å². The van der Waals surface area contributed by atoms with E-state index in [1.54, 1.807) is 18.2 Å². The molecule has 0 unspecified atom stereocenters. The molecule has 0 aromatic heterocycles. The highest BCUT2D eigenvalue weighted by molar-refractivity contribution is 6.46. The summed E-state index contributed by atoms with van der Waals surface area (Å²) in [7, 11) is 0. The minimum Gasteiger partial charge on any atom is -0.328 e. The molecule has 0 bridgehead atoms. The molecule has 0 saturated carbocycles. The maximum atomic E-state index is 12.5. The first-order chi connectivity index (χ1) is 11.5. The number of piperazine rings is 1. The van der Waals surface area contributed by atoms with Gasteiger partial charge < -0.3 is 9.80 Å². The third-order valence-electron chi connectivity index (χ3n) is 4.09. The van der Waals surface area contributed by atoms with Gasteiger partial charge in [-0.3, -0.25) is 9.59 Å². The summed E-state index contributed by atoms with van der Waals surface area (Å²) in [6, 6.07) is 5.02. The molecule has 0 N–H and O–H groups in total. The van der Waals surface area contributed by atoms with Gasteiger partial charge in [-0.05, 0) is 30.5 Å². The first-order valence-electron chi connectivity index (χ1n) is 7.58.